The predicted octanol–water partition coefficient (Wildman–Crippen LogP) is 2.22. The average molecular weight is 299 g/mol. The summed E-state index contributed by atoms with van der Waals surface area (Å²) in [6.07, 6.45) is 1.50. The first-order chi connectivity index (χ1) is 9.56. The summed E-state index contributed by atoms with van der Waals surface area (Å²) in [6, 6.07) is -0.759. The van der Waals surface area contributed by atoms with Crippen molar-refractivity contribution in [3.63, 3.8) is 0 Å². The second-order valence-corrected chi connectivity index (χ2v) is 5.86. The minimum atomic E-state index is -0.759. The molecule has 21 heavy (non-hydrogen) atoms. The molecule has 0 saturated carbocycles. The molecule has 0 aliphatic heterocycles. The third-order valence-corrected chi connectivity index (χ3v) is 2.32. The van der Waals surface area contributed by atoms with Crippen LogP contribution >= 0.6 is 0 Å². The number of rotatable bonds is 6. The molecule has 6 heteroatoms. The number of hydrogen-bond acceptors (Lipinski definition) is 5. The zero-order chi connectivity index (χ0) is 16.6. The quantitative estimate of drug-likeness (QED) is 0.601. The molecule has 0 aliphatic carbocycles. The maximum absolute atomic E-state index is 12.0. The Bertz CT molecular complexity index is 407. The Balaban J connectivity index is 4.72. The summed E-state index contributed by atoms with van der Waals surface area (Å²) >= 11 is 0. The number of alkyl carbamates (subject to hydrolysis) is 1. The van der Waals surface area contributed by atoms with Crippen LogP contribution in [0.3, 0.4) is 0 Å². The van der Waals surface area contributed by atoms with Crippen LogP contribution in [0.15, 0.2) is 12.2 Å². The number of hydrogen-bond donors (Lipinski definition) is 1. The number of ketones is 1. The second kappa shape index (κ2) is 8.44. The van der Waals surface area contributed by atoms with E-state index in [0.717, 1.165) is 12.2 Å². The molecule has 0 aromatic rings. The van der Waals surface area contributed by atoms with Crippen molar-refractivity contribution >= 4 is 17.8 Å². The molecule has 0 fully saturated rings. The molecule has 0 unspecified atom stereocenters. The summed E-state index contributed by atoms with van der Waals surface area (Å²) in [5, 5.41) is 2.51. The topological polar surface area (TPSA) is 81.7 Å². The minimum Gasteiger partial charge on any atom is -0.463 e. The van der Waals surface area contributed by atoms with Gasteiger partial charge in [-0.1, -0.05) is 13.8 Å². The molecule has 0 spiro atoms. The van der Waals surface area contributed by atoms with E-state index in [4.69, 9.17) is 4.74 Å². The SMILES string of the molecule is CCOC(=O)/C=C/C(=O)[C@@H](NC(=O)OC(C)(C)C)C(C)C. The Labute approximate surface area is 125 Å². The Hall–Kier alpha value is -1.85. The summed E-state index contributed by atoms with van der Waals surface area (Å²) in [6.45, 7) is 10.7. The summed E-state index contributed by atoms with van der Waals surface area (Å²) in [4.78, 5) is 34.9. The second-order valence-electron chi connectivity index (χ2n) is 5.86. The van der Waals surface area contributed by atoms with Gasteiger partial charge in [-0.3, -0.25) is 4.79 Å². The van der Waals surface area contributed by atoms with Gasteiger partial charge in [-0.15, -0.1) is 0 Å². The maximum Gasteiger partial charge on any atom is 0.408 e. The molecule has 1 atom stereocenters. The van der Waals surface area contributed by atoms with Crippen LogP contribution in [-0.4, -0.2) is 36.1 Å². The molecule has 0 radical (unpaired) electrons. The smallest absolute Gasteiger partial charge is 0.408 e. The predicted molar refractivity (Wildman–Crippen MR) is 78.8 cm³/mol. The fourth-order valence-corrected chi connectivity index (χ4v) is 1.45. The van der Waals surface area contributed by atoms with E-state index in [9.17, 15) is 14.4 Å². The third kappa shape index (κ3) is 8.83. The molecule has 0 aromatic heterocycles. The molecule has 0 rings (SSSR count). The molecule has 0 bridgehead atoms. The number of ether oxygens (including phenoxy) is 2. The van der Waals surface area contributed by atoms with Gasteiger partial charge in [-0.05, 0) is 39.7 Å². The van der Waals surface area contributed by atoms with Gasteiger partial charge >= 0.3 is 12.1 Å². The van der Waals surface area contributed by atoms with Crippen LogP contribution in [0.2, 0.25) is 0 Å². The zero-order valence-electron chi connectivity index (χ0n) is 13.6. The molecule has 120 valence electrons. The minimum absolute atomic E-state index is 0.142. The summed E-state index contributed by atoms with van der Waals surface area (Å²) in [5.41, 5.74) is -0.643. The lowest BCUT2D eigenvalue weighted by atomic mass is 10.00. The van der Waals surface area contributed by atoms with Gasteiger partial charge in [0.25, 0.3) is 0 Å². The van der Waals surface area contributed by atoms with Crippen molar-refractivity contribution in [1.82, 2.24) is 5.32 Å². The maximum atomic E-state index is 12.0. The van der Waals surface area contributed by atoms with Gasteiger partial charge in [0, 0.05) is 6.08 Å². The Morgan fingerprint density at radius 3 is 2.14 bits per heavy atom. The molecule has 1 amide bonds. The highest BCUT2D eigenvalue weighted by atomic mass is 16.6. The molecule has 0 saturated heterocycles. The standard InChI is InChI=1S/C15H25NO5/c1-7-20-12(18)9-8-11(17)13(10(2)3)16-14(19)21-15(4,5)6/h8-10,13H,7H2,1-6H3,(H,16,19)/b9-8+/t13-/m0/s1. The number of amides is 1. The number of esters is 1. The molecular formula is C15H25NO5. The summed E-state index contributed by atoms with van der Waals surface area (Å²) in [7, 11) is 0. The first-order valence-electron chi connectivity index (χ1n) is 6.95. The van der Waals surface area contributed by atoms with Gasteiger partial charge < -0.3 is 14.8 Å². The summed E-state index contributed by atoms with van der Waals surface area (Å²) in [5.74, 6) is -1.12. The van der Waals surface area contributed by atoms with Crippen molar-refractivity contribution in [2.45, 2.75) is 53.2 Å². The van der Waals surface area contributed by atoms with Crippen molar-refractivity contribution in [3.05, 3.63) is 12.2 Å². The van der Waals surface area contributed by atoms with E-state index in [1.54, 1.807) is 41.5 Å². The van der Waals surface area contributed by atoms with Crippen molar-refractivity contribution in [2.24, 2.45) is 5.92 Å². The van der Waals surface area contributed by atoms with Crippen LogP contribution in [0.25, 0.3) is 0 Å². The van der Waals surface area contributed by atoms with Crippen molar-refractivity contribution in [3.8, 4) is 0 Å². The van der Waals surface area contributed by atoms with Gasteiger partial charge in [-0.2, -0.15) is 0 Å². The zero-order valence-corrected chi connectivity index (χ0v) is 13.6. The number of nitrogens with one attached hydrogen (secondary N) is 1. The number of carbonyl (C=O) groups excluding carboxylic acids is 3. The van der Waals surface area contributed by atoms with Gasteiger partial charge in [0.15, 0.2) is 5.78 Å². The molecule has 0 aromatic carbocycles. The molecule has 0 heterocycles. The van der Waals surface area contributed by atoms with Crippen LogP contribution < -0.4 is 5.32 Å². The number of carbonyl (C=O) groups is 3. The lowest BCUT2D eigenvalue weighted by Crippen LogP contribution is -2.45. The van der Waals surface area contributed by atoms with Gasteiger partial charge in [-0.25, -0.2) is 9.59 Å². The van der Waals surface area contributed by atoms with E-state index in [1.807, 2.05) is 0 Å². The Morgan fingerprint density at radius 1 is 1.14 bits per heavy atom. The van der Waals surface area contributed by atoms with Gasteiger partial charge in [0.1, 0.15) is 5.60 Å². The van der Waals surface area contributed by atoms with E-state index in [1.165, 1.54) is 0 Å². The van der Waals surface area contributed by atoms with Crippen LogP contribution in [0.5, 0.6) is 0 Å². The fourth-order valence-electron chi connectivity index (χ4n) is 1.45. The van der Waals surface area contributed by atoms with E-state index in [2.05, 4.69) is 10.1 Å². The highest BCUT2D eigenvalue weighted by Crippen LogP contribution is 2.09. The van der Waals surface area contributed by atoms with Crippen molar-refractivity contribution in [1.29, 1.82) is 0 Å². The highest BCUT2D eigenvalue weighted by molar-refractivity contribution is 6.00. The molecular weight excluding hydrogens is 274 g/mol. The van der Waals surface area contributed by atoms with Crippen molar-refractivity contribution in [2.75, 3.05) is 6.61 Å². The summed E-state index contributed by atoms with van der Waals surface area (Å²) < 4.78 is 9.80. The molecule has 6 nitrogen and oxygen atoms in total. The lowest BCUT2D eigenvalue weighted by Gasteiger charge is -2.24. The normalized spacial score (nSPS) is 13.1. The molecule has 1 N–H and O–H groups in total. The Morgan fingerprint density at radius 2 is 1.71 bits per heavy atom. The lowest BCUT2D eigenvalue weighted by molar-refractivity contribution is -0.137. The first kappa shape index (κ1) is 19.1. The first-order valence-corrected chi connectivity index (χ1v) is 6.95. The highest BCUT2D eigenvalue weighted by Gasteiger charge is 2.25. The van der Waals surface area contributed by atoms with E-state index < -0.39 is 23.7 Å². The van der Waals surface area contributed by atoms with E-state index in [-0.39, 0.29) is 18.3 Å². The van der Waals surface area contributed by atoms with Crippen LogP contribution in [0, 0.1) is 5.92 Å². The van der Waals surface area contributed by atoms with E-state index >= 15 is 0 Å². The average Bonchev–Trinajstić information content (AvgIpc) is 2.31. The van der Waals surface area contributed by atoms with Crippen LogP contribution in [0.1, 0.15) is 41.5 Å². The van der Waals surface area contributed by atoms with Crippen LogP contribution in [-0.2, 0) is 19.1 Å². The fraction of sp³-hybridized carbons (Fsp3) is 0.667. The van der Waals surface area contributed by atoms with E-state index in [0.29, 0.717) is 0 Å². The van der Waals surface area contributed by atoms with Crippen molar-refractivity contribution < 1.29 is 23.9 Å². The molecule has 0 aliphatic rings. The Kier molecular flexibility index (Phi) is 7.70. The monoisotopic (exact) mass is 299 g/mol. The van der Waals surface area contributed by atoms with Crippen LogP contribution in [0.4, 0.5) is 4.79 Å². The largest absolute Gasteiger partial charge is 0.463 e. The van der Waals surface area contributed by atoms with Gasteiger partial charge in [0.05, 0.1) is 12.6 Å². The van der Waals surface area contributed by atoms with Gasteiger partial charge in [0.2, 0.25) is 0 Å². The third-order valence-electron chi connectivity index (χ3n) is 2.32.